The number of alkyl halides is 2. The van der Waals surface area contributed by atoms with E-state index in [1.54, 1.807) is 0 Å². The van der Waals surface area contributed by atoms with Gasteiger partial charge in [0.25, 0.3) is 0 Å². The van der Waals surface area contributed by atoms with Crippen molar-refractivity contribution in [1.29, 1.82) is 0 Å². The fourth-order valence-electron chi connectivity index (χ4n) is 4.75. The van der Waals surface area contributed by atoms with E-state index in [0.29, 0.717) is 11.1 Å². The molecule has 2 aromatic heterocycles. The molecule has 0 bridgehead atoms. The molecule has 0 unspecified atom stereocenters. The van der Waals surface area contributed by atoms with Gasteiger partial charge in [-0.1, -0.05) is 72.8 Å². The SMILES string of the molecule is FC(F)C(c1cccc2c1[nH]c1ccccc12)c1cccc2c1[nH]c1ccccc12. The number of fused-ring (bicyclic) bond motifs is 6. The first kappa shape index (κ1) is 17.2. The van der Waals surface area contributed by atoms with Crippen LogP contribution in [0.25, 0.3) is 43.6 Å². The van der Waals surface area contributed by atoms with Gasteiger partial charge in [0.2, 0.25) is 6.43 Å². The molecule has 0 radical (unpaired) electrons. The van der Waals surface area contributed by atoms with Crippen LogP contribution in [0.1, 0.15) is 17.0 Å². The molecule has 2 nitrogen and oxygen atoms in total. The van der Waals surface area contributed by atoms with Crippen LogP contribution in [0.15, 0.2) is 84.9 Å². The molecular formula is C26H18F2N2. The van der Waals surface area contributed by atoms with Gasteiger partial charge in [0.05, 0.1) is 17.0 Å². The van der Waals surface area contributed by atoms with Crippen LogP contribution in [0.4, 0.5) is 8.78 Å². The monoisotopic (exact) mass is 396 g/mol. The number of aromatic nitrogens is 2. The summed E-state index contributed by atoms with van der Waals surface area (Å²) in [4.78, 5) is 6.77. The van der Waals surface area contributed by atoms with Crippen LogP contribution in [0, 0.1) is 0 Å². The molecule has 146 valence electrons. The van der Waals surface area contributed by atoms with E-state index in [2.05, 4.69) is 9.97 Å². The van der Waals surface area contributed by atoms with Crippen molar-refractivity contribution in [3.63, 3.8) is 0 Å². The van der Waals surface area contributed by atoms with Gasteiger partial charge < -0.3 is 9.97 Å². The van der Waals surface area contributed by atoms with Gasteiger partial charge >= 0.3 is 0 Å². The summed E-state index contributed by atoms with van der Waals surface area (Å²) < 4.78 is 29.2. The standard InChI is InChI=1S/C26H18F2N2/c27-26(28)23(19-11-5-9-17-15-7-1-3-13-21(15)29-24(17)19)20-12-6-10-18-16-8-2-4-14-22(16)30-25(18)20/h1-14,23,26,29-30H. The molecule has 4 aromatic carbocycles. The van der Waals surface area contributed by atoms with Gasteiger partial charge in [0.15, 0.2) is 0 Å². The second-order valence-corrected chi connectivity index (χ2v) is 7.69. The fraction of sp³-hybridized carbons (Fsp3) is 0.0769. The summed E-state index contributed by atoms with van der Waals surface area (Å²) in [6.07, 6.45) is -2.54. The Labute approximate surface area is 171 Å². The zero-order valence-corrected chi connectivity index (χ0v) is 16.0. The van der Waals surface area contributed by atoms with Crippen molar-refractivity contribution in [2.75, 3.05) is 0 Å². The molecule has 6 rings (SSSR count). The lowest BCUT2D eigenvalue weighted by Gasteiger charge is -2.19. The van der Waals surface area contributed by atoms with Gasteiger partial charge in [-0.2, -0.15) is 0 Å². The predicted molar refractivity (Wildman–Crippen MR) is 119 cm³/mol. The highest BCUT2D eigenvalue weighted by molar-refractivity contribution is 6.10. The summed E-state index contributed by atoms with van der Waals surface area (Å²) in [5.74, 6) is -1.04. The van der Waals surface area contributed by atoms with Crippen molar-refractivity contribution in [1.82, 2.24) is 9.97 Å². The maximum Gasteiger partial charge on any atom is 0.249 e. The molecule has 0 spiro atoms. The molecule has 0 fully saturated rings. The smallest absolute Gasteiger partial charge is 0.249 e. The third kappa shape index (κ3) is 2.40. The van der Waals surface area contributed by atoms with Gasteiger partial charge in [-0.25, -0.2) is 8.78 Å². The Hall–Kier alpha value is -3.66. The number of aromatic amines is 2. The van der Waals surface area contributed by atoms with Crippen molar-refractivity contribution in [2.24, 2.45) is 0 Å². The Morgan fingerprint density at radius 2 is 0.933 bits per heavy atom. The Bertz CT molecular complexity index is 1430. The zero-order chi connectivity index (χ0) is 20.2. The number of H-pyrrole nitrogens is 2. The van der Waals surface area contributed by atoms with Crippen LogP contribution < -0.4 is 0 Å². The molecule has 0 saturated heterocycles. The number of hydrogen-bond donors (Lipinski definition) is 2. The molecule has 0 aliphatic carbocycles. The molecule has 0 atom stereocenters. The number of para-hydroxylation sites is 4. The van der Waals surface area contributed by atoms with Crippen molar-refractivity contribution in [3.05, 3.63) is 96.1 Å². The fourth-order valence-corrected chi connectivity index (χ4v) is 4.75. The minimum absolute atomic E-state index is 0.616. The van der Waals surface area contributed by atoms with Gasteiger partial charge in [0.1, 0.15) is 0 Å². The summed E-state index contributed by atoms with van der Waals surface area (Å²) in [5.41, 5.74) is 4.69. The largest absolute Gasteiger partial charge is 0.354 e. The average Bonchev–Trinajstić information content (AvgIpc) is 3.33. The third-order valence-electron chi connectivity index (χ3n) is 6.07. The highest BCUT2D eigenvalue weighted by atomic mass is 19.3. The number of hydrogen-bond acceptors (Lipinski definition) is 0. The second kappa shape index (κ2) is 6.42. The van der Waals surface area contributed by atoms with Crippen molar-refractivity contribution < 1.29 is 8.78 Å². The van der Waals surface area contributed by atoms with Gasteiger partial charge in [-0.05, 0) is 23.3 Å². The predicted octanol–water partition coefficient (Wildman–Crippen LogP) is 7.35. The number of halogens is 2. The quantitative estimate of drug-likeness (QED) is 0.313. The van der Waals surface area contributed by atoms with Crippen LogP contribution in [0.3, 0.4) is 0 Å². The number of nitrogens with one attached hydrogen (secondary N) is 2. The van der Waals surface area contributed by atoms with Crippen molar-refractivity contribution in [2.45, 2.75) is 12.3 Å². The van der Waals surface area contributed by atoms with E-state index in [9.17, 15) is 8.78 Å². The Balaban J connectivity index is 1.66. The van der Waals surface area contributed by atoms with Crippen LogP contribution >= 0.6 is 0 Å². The summed E-state index contributed by atoms with van der Waals surface area (Å²) in [6, 6.07) is 27.2. The lowest BCUT2D eigenvalue weighted by Crippen LogP contribution is -2.12. The lowest BCUT2D eigenvalue weighted by molar-refractivity contribution is 0.129. The Morgan fingerprint density at radius 3 is 1.40 bits per heavy atom. The van der Waals surface area contributed by atoms with E-state index in [1.165, 1.54) is 0 Å². The Kier molecular flexibility index (Phi) is 3.69. The average molecular weight is 396 g/mol. The first-order valence-electron chi connectivity index (χ1n) is 9.99. The van der Waals surface area contributed by atoms with E-state index in [-0.39, 0.29) is 0 Å². The molecular weight excluding hydrogens is 378 g/mol. The van der Waals surface area contributed by atoms with Crippen LogP contribution in [-0.4, -0.2) is 16.4 Å². The molecule has 0 amide bonds. The molecule has 2 N–H and O–H groups in total. The summed E-state index contributed by atoms with van der Waals surface area (Å²) in [7, 11) is 0. The minimum atomic E-state index is -2.54. The normalized spacial score (nSPS) is 12.3. The molecule has 4 heteroatoms. The van der Waals surface area contributed by atoms with Gasteiger partial charge in [-0.3, -0.25) is 0 Å². The summed E-state index contributed by atoms with van der Waals surface area (Å²) >= 11 is 0. The molecule has 0 aliphatic heterocycles. The second-order valence-electron chi connectivity index (χ2n) is 7.69. The van der Waals surface area contributed by atoms with Gasteiger partial charge in [0, 0.05) is 32.6 Å². The minimum Gasteiger partial charge on any atom is -0.354 e. The van der Waals surface area contributed by atoms with E-state index < -0.39 is 12.3 Å². The van der Waals surface area contributed by atoms with Crippen LogP contribution in [0.5, 0.6) is 0 Å². The van der Waals surface area contributed by atoms with Crippen LogP contribution in [0.2, 0.25) is 0 Å². The highest BCUT2D eigenvalue weighted by Gasteiger charge is 2.29. The molecule has 2 heterocycles. The first-order chi connectivity index (χ1) is 14.7. The van der Waals surface area contributed by atoms with Gasteiger partial charge in [-0.15, -0.1) is 0 Å². The third-order valence-corrected chi connectivity index (χ3v) is 6.07. The first-order valence-corrected chi connectivity index (χ1v) is 9.99. The van der Waals surface area contributed by atoms with E-state index in [0.717, 1.165) is 43.6 Å². The maximum absolute atomic E-state index is 14.6. The molecule has 30 heavy (non-hydrogen) atoms. The van der Waals surface area contributed by atoms with E-state index in [4.69, 9.17) is 0 Å². The zero-order valence-electron chi connectivity index (χ0n) is 16.0. The number of rotatable bonds is 3. The van der Waals surface area contributed by atoms with E-state index in [1.807, 2.05) is 84.9 Å². The lowest BCUT2D eigenvalue weighted by atomic mass is 9.88. The van der Waals surface area contributed by atoms with Crippen LogP contribution in [-0.2, 0) is 0 Å². The topological polar surface area (TPSA) is 31.6 Å². The van der Waals surface area contributed by atoms with Crippen molar-refractivity contribution in [3.8, 4) is 0 Å². The number of benzene rings is 4. The molecule has 0 saturated carbocycles. The molecule has 6 aromatic rings. The summed E-state index contributed by atoms with van der Waals surface area (Å²) in [6.45, 7) is 0. The highest BCUT2D eigenvalue weighted by Crippen LogP contribution is 2.40. The Morgan fingerprint density at radius 1 is 0.500 bits per heavy atom. The molecule has 0 aliphatic rings. The van der Waals surface area contributed by atoms with E-state index >= 15 is 0 Å². The maximum atomic E-state index is 14.6. The van der Waals surface area contributed by atoms with Crippen molar-refractivity contribution >= 4 is 43.6 Å². The summed E-state index contributed by atoms with van der Waals surface area (Å²) in [5, 5.41) is 4.03.